The molecular formula is C42H47BrF2N4O6. The largest absolute Gasteiger partial charge is 0.462 e. The zero-order valence-corrected chi connectivity index (χ0v) is 32.5. The van der Waals surface area contributed by atoms with Gasteiger partial charge in [-0.25, -0.2) is 13.6 Å². The molecule has 0 spiro atoms. The molecule has 4 aromatic carbocycles. The Morgan fingerprint density at radius 3 is 2.45 bits per heavy atom. The second kappa shape index (κ2) is 22.3. The number of esters is 1. The van der Waals surface area contributed by atoms with Crippen LogP contribution in [0.1, 0.15) is 49.8 Å². The van der Waals surface area contributed by atoms with Crippen LogP contribution in [0.3, 0.4) is 0 Å². The lowest BCUT2D eigenvalue weighted by atomic mass is 10.1. The fourth-order valence-corrected chi connectivity index (χ4v) is 5.97. The molecule has 4 aromatic rings. The smallest absolute Gasteiger partial charge is 0.323 e. The minimum Gasteiger partial charge on any atom is -0.462 e. The maximum atomic E-state index is 14.2. The van der Waals surface area contributed by atoms with E-state index in [0.717, 1.165) is 39.7 Å². The van der Waals surface area contributed by atoms with E-state index in [0.29, 0.717) is 37.4 Å². The summed E-state index contributed by atoms with van der Waals surface area (Å²) in [6, 6.07) is 23.7. The van der Waals surface area contributed by atoms with Gasteiger partial charge < -0.3 is 30.6 Å². The van der Waals surface area contributed by atoms with E-state index in [4.69, 9.17) is 19.9 Å². The molecule has 2 atom stereocenters. The molecule has 3 amide bonds. The third-order valence-electron chi connectivity index (χ3n) is 8.48. The number of rotatable bonds is 21. The lowest BCUT2D eigenvalue weighted by Crippen LogP contribution is -2.43. The monoisotopic (exact) mass is 820 g/mol. The van der Waals surface area contributed by atoms with Gasteiger partial charge in [0.2, 0.25) is 5.91 Å². The van der Waals surface area contributed by atoms with E-state index in [1.807, 2.05) is 79.4 Å². The van der Waals surface area contributed by atoms with Gasteiger partial charge >= 0.3 is 12.0 Å². The first-order valence-electron chi connectivity index (χ1n) is 18.1. The predicted molar refractivity (Wildman–Crippen MR) is 213 cm³/mol. The van der Waals surface area contributed by atoms with Crippen LogP contribution in [-0.2, 0) is 32.0 Å². The van der Waals surface area contributed by atoms with E-state index in [9.17, 15) is 23.2 Å². The van der Waals surface area contributed by atoms with Crippen LogP contribution >= 0.6 is 15.9 Å². The maximum absolute atomic E-state index is 14.2. The van der Waals surface area contributed by atoms with Crippen molar-refractivity contribution in [2.45, 2.75) is 58.2 Å². The van der Waals surface area contributed by atoms with Crippen molar-refractivity contribution < 1.29 is 37.4 Å². The van der Waals surface area contributed by atoms with Crippen molar-refractivity contribution in [1.29, 1.82) is 0 Å². The van der Waals surface area contributed by atoms with Gasteiger partial charge in [-0.15, -0.1) is 0 Å². The number of amides is 3. The first-order chi connectivity index (χ1) is 26.5. The topological polar surface area (TPSA) is 132 Å². The Balaban J connectivity index is 1.52. The normalized spacial score (nSPS) is 12.3. The van der Waals surface area contributed by atoms with Crippen LogP contribution in [-0.4, -0.2) is 61.3 Å². The molecule has 10 nitrogen and oxygen atoms in total. The molecule has 0 saturated carbocycles. The second-order valence-electron chi connectivity index (χ2n) is 12.8. The minimum atomic E-state index is -0.822. The van der Waals surface area contributed by atoms with Crippen LogP contribution in [0.25, 0.3) is 6.08 Å². The van der Waals surface area contributed by atoms with Crippen LogP contribution in [0.2, 0.25) is 0 Å². The fraction of sp³-hybridized carbons (Fsp3) is 0.310. The number of nitrogens with one attached hydrogen (secondary N) is 2. The molecule has 0 aliphatic rings. The zero-order chi connectivity index (χ0) is 39.6. The van der Waals surface area contributed by atoms with E-state index >= 15 is 0 Å². The third-order valence-corrected chi connectivity index (χ3v) is 8.97. The molecule has 0 radical (unpaired) electrons. The summed E-state index contributed by atoms with van der Waals surface area (Å²) in [5, 5.41) is 5.53. The Morgan fingerprint density at radius 2 is 1.73 bits per heavy atom. The number of carbonyl (C=O) groups is 3. The molecule has 0 bridgehead atoms. The van der Waals surface area contributed by atoms with Gasteiger partial charge in [-0.05, 0) is 91.4 Å². The SMILES string of the molecule is CCC(C)OCCOC(=O)C(CCCNC(N)=O)N(C/C=C/c1cccc(NC(=O)Cc2cccc(Br)c2)c1)Cc1ccc(Oc2ccc(F)cc2F)cc1. The Kier molecular flexibility index (Phi) is 17.3. The standard InChI is InChI=1S/C42H47BrF2N4O6/c1-3-29(2)53-22-23-54-41(51)38(13-6-20-47-42(46)52)49(28-31-14-17-36(18-15-31)55-39-19-16-34(44)27-37(39)45)21-7-10-30-8-5-12-35(25-30)48-40(50)26-32-9-4-11-33(43)24-32/h4-5,7-12,14-19,24-25,27,29,38H,3,6,13,20-23,26,28H2,1-2H3,(H,48,50)(H3,46,47,52)/b10-7+. The number of nitrogens with two attached hydrogens (primary N) is 1. The minimum absolute atomic E-state index is 0.0284. The highest BCUT2D eigenvalue weighted by atomic mass is 79.9. The third kappa shape index (κ3) is 15.3. The molecule has 2 unspecified atom stereocenters. The number of primary amides is 1. The predicted octanol–water partition coefficient (Wildman–Crippen LogP) is 8.39. The van der Waals surface area contributed by atoms with Crippen molar-refractivity contribution in [3.8, 4) is 11.5 Å². The Labute approximate surface area is 329 Å². The molecule has 0 aromatic heterocycles. The molecule has 292 valence electrons. The molecule has 13 heteroatoms. The van der Waals surface area contributed by atoms with Gasteiger partial charge in [-0.2, -0.15) is 0 Å². The summed E-state index contributed by atoms with van der Waals surface area (Å²) >= 11 is 3.44. The quantitative estimate of drug-likeness (QED) is 0.0569. The van der Waals surface area contributed by atoms with Crippen molar-refractivity contribution in [3.63, 3.8) is 0 Å². The molecule has 0 fully saturated rings. The molecule has 4 rings (SSSR count). The maximum Gasteiger partial charge on any atom is 0.323 e. The number of hydrogen-bond acceptors (Lipinski definition) is 7. The molecule has 0 aliphatic heterocycles. The van der Waals surface area contributed by atoms with Crippen LogP contribution in [0.5, 0.6) is 11.5 Å². The number of anilines is 1. The summed E-state index contributed by atoms with van der Waals surface area (Å²) < 4.78 is 45.6. The van der Waals surface area contributed by atoms with Crippen LogP contribution in [0, 0.1) is 11.6 Å². The number of benzene rings is 4. The summed E-state index contributed by atoms with van der Waals surface area (Å²) in [5.74, 6) is -1.88. The zero-order valence-electron chi connectivity index (χ0n) is 30.9. The summed E-state index contributed by atoms with van der Waals surface area (Å²) in [7, 11) is 0. The van der Waals surface area contributed by atoms with Crippen molar-refractivity contribution in [2.75, 3.05) is 31.6 Å². The number of nitrogens with zero attached hydrogens (tertiary/aromatic N) is 1. The number of urea groups is 1. The van der Waals surface area contributed by atoms with Crippen molar-refractivity contribution >= 4 is 45.6 Å². The summed E-state index contributed by atoms with van der Waals surface area (Å²) in [6.45, 7) is 5.20. The molecule has 55 heavy (non-hydrogen) atoms. The summed E-state index contributed by atoms with van der Waals surface area (Å²) in [5.41, 5.74) is 8.46. The average molecular weight is 822 g/mol. The highest BCUT2D eigenvalue weighted by Gasteiger charge is 2.27. The molecular weight excluding hydrogens is 774 g/mol. The van der Waals surface area contributed by atoms with E-state index in [-0.39, 0.29) is 43.9 Å². The summed E-state index contributed by atoms with van der Waals surface area (Å²) in [4.78, 5) is 39.8. The molecule has 0 heterocycles. The number of halogens is 3. The highest BCUT2D eigenvalue weighted by Crippen LogP contribution is 2.26. The lowest BCUT2D eigenvalue weighted by molar-refractivity contribution is -0.152. The first kappa shape index (κ1) is 42.6. The van der Waals surface area contributed by atoms with E-state index < -0.39 is 29.7 Å². The number of ether oxygens (including phenoxy) is 3. The second-order valence-corrected chi connectivity index (χ2v) is 13.8. The Morgan fingerprint density at radius 1 is 0.945 bits per heavy atom. The highest BCUT2D eigenvalue weighted by molar-refractivity contribution is 9.10. The summed E-state index contributed by atoms with van der Waals surface area (Å²) in [6.07, 6.45) is 5.70. The van der Waals surface area contributed by atoms with E-state index in [1.165, 1.54) is 6.07 Å². The average Bonchev–Trinajstić information content (AvgIpc) is 3.14. The molecule has 0 saturated heterocycles. The lowest BCUT2D eigenvalue weighted by Gasteiger charge is -2.29. The van der Waals surface area contributed by atoms with Gasteiger partial charge in [0, 0.05) is 35.9 Å². The molecule has 4 N–H and O–H groups in total. The Bertz CT molecular complexity index is 1890. The van der Waals surface area contributed by atoms with Gasteiger partial charge in [0.15, 0.2) is 11.6 Å². The van der Waals surface area contributed by atoms with Gasteiger partial charge in [0.25, 0.3) is 0 Å². The van der Waals surface area contributed by atoms with Crippen LogP contribution in [0.4, 0.5) is 19.3 Å². The van der Waals surface area contributed by atoms with Gasteiger partial charge in [-0.3, -0.25) is 14.5 Å². The Hall–Kier alpha value is -5.11. The van der Waals surface area contributed by atoms with Crippen molar-refractivity contribution in [2.24, 2.45) is 5.73 Å². The number of carbonyl (C=O) groups excluding carboxylic acids is 3. The van der Waals surface area contributed by atoms with E-state index in [2.05, 4.69) is 26.6 Å². The van der Waals surface area contributed by atoms with Crippen LogP contribution < -0.4 is 21.1 Å². The van der Waals surface area contributed by atoms with Crippen molar-refractivity contribution in [1.82, 2.24) is 10.2 Å². The van der Waals surface area contributed by atoms with Gasteiger partial charge in [-0.1, -0.05) is 71.4 Å². The first-order valence-corrected chi connectivity index (χ1v) is 18.9. The van der Waals surface area contributed by atoms with Crippen LogP contribution in [0.15, 0.2) is 102 Å². The van der Waals surface area contributed by atoms with Crippen molar-refractivity contribution in [3.05, 3.63) is 130 Å². The molecule has 0 aliphatic carbocycles. The van der Waals surface area contributed by atoms with Gasteiger partial charge in [0.1, 0.15) is 24.2 Å². The van der Waals surface area contributed by atoms with E-state index in [1.54, 1.807) is 24.3 Å². The number of hydrogen-bond donors (Lipinski definition) is 3. The van der Waals surface area contributed by atoms with Gasteiger partial charge in [0.05, 0.1) is 19.1 Å². The fourth-order valence-electron chi connectivity index (χ4n) is 5.53.